The molecule has 0 spiro atoms. The fourth-order valence-corrected chi connectivity index (χ4v) is 1.87. The molecule has 23 heavy (non-hydrogen) atoms. The van der Waals surface area contributed by atoms with Crippen LogP contribution < -0.4 is 10.1 Å². The summed E-state index contributed by atoms with van der Waals surface area (Å²) in [5.41, 5.74) is 1.64. The summed E-state index contributed by atoms with van der Waals surface area (Å²) in [6, 6.07) is 16.2. The predicted molar refractivity (Wildman–Crippen MR) is 87.1 cm³/mol. The molecule has 0 heterocycles. The highest BCUT2D eigenvalue weighted by Gasteiger charge is 2.16. The fourth-order valence-electron chi connectivity index (χ4n) is 1.87. The molecule has 2 rings (SSSR count). The van der Waals surface area contributed by atoms with Crippen LogP contribution in [0.1, 0.15) is 19.4 Å². The lowest BCUT2D eigenvalue weighted by Crippen LogP contribution is -2.25. The smallest absolute Gasteiger partial charge is 0.340 e. The van der Waals surface area contributed by atoms with Gasteiger partial charge < -0.3 is 14.8 Å². The van der Waals surface area contributed by atoms with E-state index in [4.69, 9.17) is 9.47 Å². The standard InChI is InChI=1S/C18H19NO4/c1-13(22-12-15-6-4-3-5-7-15)18(21)23-17-10-8-16(9-11-17)19-14(2)20/h3-11,13H,12H2,1-2H3,(H,19,20)/t13-/m0/s1. The van der Waals surface area contributed by atoms with Crippen LogP contribution in [-0.2, 0) is 20.9 Å². The summed E-state index contributed by atoms with van der Waals surface area (Å²) >= 11 is 0. The van der Waals surface area contributed by atoms with Gasteiger partial charge in [0.05, 0.1) is 6.61 Å². The minimum absolute atomic E-state index is 0.155. The summed E-state index contributed by atoms with van der Waals surface area (Å²) in [5, 5.41) is 2.64. The minimum atomic E-state index is -0.676. The van der Waals surface area contributed by atoms with Crippen LogP contribution in [0.4, 0.5) is 5.69 Å². The van der Waals surface area contributed by atoms with E-state index in [1.807, 2.05) is 30.3 Å². The van der Waals surface area contributed by atoms with Crippen LogP contribution in [0.2, 0.25) is 0 Å². The molecule has 0 unspecified atom stereocenters. The monoisotopic (exact) mass is 313 g/mol. The molecule has 120 valence electrons. The molecular formula is C18H19NO4. The molecule has 0 aliphatic rings. The van der Waals surface area contributed by atoms with Crippen molar-refractivity contribution in [2.75, 3.05) is 5.32 Å². The summed E-state index contributed by atoms with van der Waals surface area (Å²) in [6.45, 7) is 3.43. The average Bonchev–Trinajstić information content (AvgIpc) is 2.55. The van der Waals surface area contributed by atoms with Crippen LogP contribution in [0.3, 0.4) is 0 Å². The van der Waals surface area contributed by atoms with Crippen molar-refractivity contribution in [1.82, 2.24) is 0 Å². The van der Waals surface area contributed by atoms with Gasteiger partial charge in [-0.2, -0.15) is 0 Å². The third-order valence-corrected chi connectivity index (χ3v) is 3.07. The molecule has 1 amide bonds. The number of carbonyl (C=O) groups excluding carboxylic acids is 2. The molecule has 0 saturated carbocycles. The molecule has 0 saturated heterocycles. The number of anilines is 1. The van der Waals surface area contributed by atoms with Gasteiger partial charge in [-0.15, -0.1) is 0 Å². The molecule has 1 N–H and O–H groups in total. The van der Waals surface area contributed by atoms with Crippen molar-refractivity contribution in [3.8, 4) is 5.75 Å². The van der Waals surface area contributed by atoms with Gasteiger partial charge >= 0.3 is 5.97 Å². The van der Waals surface area contributed by atoms with E-state index in [0.29, 0.717) is 18.0 Å². The van der Waals surface area contributed by atoms with Gasteiger partial charge in [-0.3, -0.25) is 4.79 Å². The Hall–Kier alpha value is -2.66. The van der Waals surface area contributed by atoms with Crippen molar-refractivity contribution in [3.63, 3.8) is 0 Å². The van der Waals surface area contributed by atoms with Gasteiger partial charge in [0.1, 0.15) is 5.75 Å². The van der Waals surface area contributed by atoms with Crippen molar-refractivity contribution in [1.29, 1.82) is 0 Å². The van der Waals surface area contributed by atoms with Crippen LogP contribution in [0.15, 0.2) is 54.6 Å². The van der Waals surface area contributed by atoms with Gasteiger partial charge in [0, 0.05) is 12.6 Å². The van der Waals surface area contributed by atoms with Crippen molar-refractivity contribution in [3.05, 3.63) is 60.2 Å². The maximum atomic E-state index is 12.0. The number of hydrogen-bond acceptors (Lipinski definition) is 4. The molecule has 0 fully saturated rings. The highest BCUT2D eigenvalue weighted by atomic mass is 16.6. The zero-order valence-corrected chi connectivity index (χ0v) is 13.1. The third kappa shape index (κ3) is 5.56. The molecular weight excluding hydrogens is 294 g/mol. The first-order valence-corrected chi connectivity index (χ1v) is 7.29. The van der Waals surface area contributed by atoms with E-state index in [-0.39, 0.29) is 5.91 Å². The molecule has 0 aliphatic heterocycles. The summed E-state index contributed by atoms with van der Waals surface area (Å²) in [7, 11) is 0. The third-order valence-electron chi connectivity index (χ3n) is 3.07. The number of benzene rings is 2. The second-order valence-corrected chi connectivity index (χ2v) is 5.07. The molecule has 5 nitrogen and oxygen atoms in total. The van der Waals surface area contributed by atoms with Crippen LogP contribution in [0, 0.1) is 0 Å². The number of amides is 1. The van der Waals surface area contributed by atoms with E-state index < -0.39 is 12.1 Å². The Labute approximate surface area is 135 Å². The molecule has 0 radical (unpaired) electrons. The van der Waals surface area contributed by atoms with Crippen molar-refractivity contribution in [2.24, 2.45) is 0 Å². The summed E-state index contributed by atoms with van der Waals surface area (Å²) in [5.74, 6) is -0.217. The number of rotatable bonds is 6. The lowest BCUT2D eigenvalue weighted by molar-refractivity contribution is -0.147. The number of ether oxygens (including phenoxy) is 2. The SMILES string of the molecule is CC(=O)Nc1ccc(OC(=O)[C@H](C)OCc2ccccc2)cc1. The zero-order chi connectivity index (χ0) is 16.7. The van der Waals surface area contributed by atoms with Gasteiger partial charge in [-0.25, -0.2) is 4.79 Å². The molecule has 0 aromatic heterocycles. The Morgan fingerprint density at radius 3 is 2.30 bits per heavy atom. The second-order valence-electron chi connectivity index (χ2n) is 5.07. The Morgan fingerprint density at radius 2 is 1.70 bits per heavy atom. The first-order valence-electron chi connectivity index (χ1n) is 7.29. The lowest BCUT2D eigenvalue weighted by Gasteiger charge is -2.13. The topological polar surface area (TPSA) is 64.6 Å². The second kappa shape index (κ2) is 8.10. The van der Waals surface area contributed by atoms with Crippen LogP contribution >= 0.6 is 0 Å². The summed E-state index contributed by atoms with van der Waals surface area (Å²) < 4.78 is 10.8. The van der Waals surface area contributed by atoms with Gasteiger partial charge in [0.2, 0.25) is 5.91 Å². The zero-order valence-electron chi connectivity index (χ0n) is 13.1. The number of carbonyl (C=O) groups is 2. The Kier molecular flexibility index (Phi) is 5.88. The van der Waals surface area contributed by atoms with Gasteiger partial charge in [0.25, 0.3) is 0 Å². The molecule has 2 aromatic carbocycles. The fraction of sp³-hybridized carbons (Fsp3) is 0.222. The summed E-state index contributed by atoms with van der Waals surface area (Å²) in [4.78, 5) is 22.9. The van der Waals surface area contributed by atoms with Crippen LogP contribution in [0.25, 0.3) is 0 Å². The highest BCUT2D eigenvalue weighted by molar-refractivity contribution is 5.88. The lowest BCUT2D eigenvalue weighted by atomic mass is 10.2. The van der Waals surface area contributed by atoms with E-state index >= 15 is 0 Å². The van der Waals surface area contributed by atoms with Gasteiger partial charge in [-0.05, 0) is 36.8 Å². The first-order chi connectivity index (χ1) is 11.0. The Balaban J connectivity index is 1.84. The number of nitrogens with one attached hydrogen (secondary N) is 1. The number of hydrogen-bond donors (Lipinski definition) is 1. The van der Waals surface area contributed by atoms with Gasteiger partial charge in [0.15, 0.2) is 6.10 Å². The molecule has 0 bridgehead atoms. The number of esters is 1. The first kappa shape index (κ1) is 16.7. The van der Waals surface area contributed by atoms with E-state index in [0.717, 1.165) is 5.56 Å². The van der Waals surface area contributed by atoms with Crippen molar-refractivity contribution < 1.29 is 19.1 Å². The molecule has 0 aliphatic carbocycles. The van der Waals surface area contributed by atoms with Crippen LogP contribution in [0.5, 0.6) is 5.75 Å². The van der Waals surface area contributed by atoms with E-state index in [1.54, 1.807) is 31.2 Å². The van der Waals surface area contributed by atoms with Crippen LogP contribution in [-0.4, -0.2) is 18.0 Å². The molecule has 5 heteroatoms. The molecule has 1 atom stereocenters. The highest BCUT2D eigenvalue weighted by Crippen LogP contribution is 2.16. The van der Waals surface area contributed by atoms with E-state index in [9.17, 15) is 9.59 Å². The van der Waals surface area contributed by atoms with Crippen molar-refractivity contribution >= 4 is 17.6 Å². The van der Waals surface area contributed by atoms with E-state index in [2.05, 4.69) is 5.32 Å². The molecule has 2 aromatic rings. The summed E-state index contributed by atoms with van der Waals surface area (Å²) in [6.07, 6.45) is -0.676. The van der Waals surface area contributed by atoms with Crippen molar-refractivity contribution in [2.45, 2.75) is 26.6 Å². The maximum absolute atomic E-state index is 12.0. The Morgan fingerprint density at radius 1 is 1.04 bits per heavy atom. The Bertz CT molecular complexity index is 652. The normalized spacial score (nSPS) is 11.6. The minimum Gasteiger partial charge on any atom is -0.425 e. The predicted octanol–water partition coefficient (Wildman–Crippen LogP) is 3.16. The van der Waals surface area contributed by atoms with E-state index in [1.165, 1.54) is 6.92 Å². The maximum Gasteiger partial charge on any atom is 0.340 e. The quantitative estimate of drug-likeness (QED) is 0.657. The van der Waals surface area contributed by atoms with Gasteiger partial charge in [-0.1, -0.05) is 30.3 Å². The average molecular weight is 313 g/mol. The largest absolute Gasteiger partial charge is 0.425 e.